The van der Waals surface area contributed by atoms with Crippen molar-refractivity contribution in [1.29, 1.82) is 0 Å². The normalized spacial score (nSPS) is 21.9. The van der Waals surface area contributed by atoms with Crippen LogP contribution >= 0.6 is 0 Å². The van der Waals surface area contributed by atoms with Crippen LogP contribution in [-0.2, 0) is 0 Å². The molecule has 3 aliphatic heterocycles. The molecular weight excluding hydrogens is 436 g/mol. The Bertz CT molecular complexity index is 1240. The van der Waals surface area contributed by atoms with Gasteiger partial charge in [-0.25, -0.2) is 15.0 Å². The zero-order chi connectivity index (χ0) is 24.2. The number of anilines is 4. The number of likely N-dealkylation sites (N-methyl/N-ethyl adjacent to an activating group) is 1. The van der Waals surface area contributed by atoms with Crippen molar-refractivity contribution in [3.05, 3.63) is 36.3 Å². The van der Waals surface area contributed by atoms with Crippen LogP contribution in [0.25, 0.3) is 10.8 Å². The summed E-state index contributed by atoms with van der Waals surface area (Å²) < 4.78 is 0. The number of fused-ring (bicyclic) bond motifs is 1. The van der Waals surface area contributed by atoms with Gasteiger partial charge in [0.15, 0.2) is 0 Å². The SMILES string of the molecule is CC1CCCN(c2nccc(Nc3cc4c(C(C)C)cnc(N5CCC56CN(C)C6)c4cn3)n2)C1. The second-order valence-electron chi connectivity index (χ2n) is 11.2. The fraction of sp³-hybridized carbons (Fsp3) is 0.556. The molecule has 3 aromatic heterocycles. The van der Waals surface area contributed by atoms with E-state index in [1.165, 1.54) is 30.2 Å². The van der Waals surface area contributed by atoms with Crippen molar-refractivity contribution in [2.24, 2.45) is 5.92 Å². The molecule has 0 bridgehead atoms. The van der Waals surface area contributed by atoms with Crippen LogP contribution in [0, 0.1) is 5.92 Å². The van der Waals surface area contributed by atoms with Crippen LogP contribution in [0.2, 0.25) is 0 Å². The molecule has 1 atom stereocenters. The summed E-state index contributed by atoms with van der Waals surface area (Å²) >= 11 is 0. The van der Waals surface area contributed by atoms with Crippen LogP contribution in [0.4, 0.5) is 23.4 Å². The largest absolute Gasteiger partial charge is 0.348 e. The third-order valence-electron chi connectivity index (χ3n) is 8.00. The van der Waals surface area contributed by atoms with Gasteiger partial charge in [-0.3, -0.25) is 0 Å². The molecule has 6 rings (SSSR count). The van der Waals surface area contributed by atoms with Gasteiger partial charge in [0.25, 0.3) is 0 Å². The van der Waals surface area contributed by atoms with Gasteiger partial charge in [-0.2, -0.15) is 4.98 Å². The summed E-state index contributed by atoms with van der Waals surface area (Å²) in [4.78, 5) is 26.3. The van der Waals surface area contributed by atoms with E-state index in [9.17, 15) is 0 Å². The summed E-state index contributed by atoms with van der Waals surface area (Å²) in [5, 5.41) is 5.80. The number of hydrogen-bond acceptors (Lipinski definition) is 8. The van der Waals surface area contributed by atoms with Gasteiger partial charge < -0.3 is 20.0 Å². The van der Waals surface area contributed by atoms with Crippen LogP contribution in [0.5, 0.6) is 0 Å². The molecule has 0 aliphatic carbocycles. The van der Waals surface area contributed by atoms with Gasteiger partial charge in [0.1, 0.15) is 17.5 Å². The maximum absolute atomic E-state index is 4.96. The highest BCUT2D eigenvalue weighted by Crippen LogP contribution is 2.44. The van der Waals surface area contributed by atoms with E-state index in [1.54, 1.807) is 0 Å². The fourth-order valence-electron chi connectivity index (χ4n) is 6.12. The summed E-state index contributed by atoms with van der Waals surface area (Å²) in [6, 6.07) is 4.08. The molecule has 35 heavy (non-hydrogen) atoms. The van der Waals surface area contributed by atoms with Crippen molar-refractivity contribution in [3.63, 3.8) is 0 Å². The van der Waals surface area contributed by atoms with Crippen molar-refractivity contribution in [1.82, 2.24) is 24.8 Å². The molecule has 184 valence electrons. The number of rotatable bonds is 5. The maximum Gasteiger partial charge on any atom is 0.227 e. The zero-order valence-corrected chi connectivity index (χ0v) is 21.3. The first-order valence-corrected chi connectivity index (χ1v) is 13.0. The molecule has 6 heterocycles. The van der Waals surface area contributed by atoms with Crippen molar-refractivity contribution < 1.29 is 0 Å². The van der Waals surface area contributed by atoms with Crippen LogP contribution in [-0.4, -0.2) is 70.1 Å². The number of nitrogens with zero attached hydrogens (tertiary/aromatic N) is 7. The highest BCUT2D eigenvalue weighted by Gasteiger charge is 2.53. The van der Waals surface area contributed by atoms with Gasteiger partial charge in [-0.1, -0.05) is 20.8 Å². The number of likely N-dealkylation sites (tertiary alicyclic amines) is 1. The fourth-order valence-corrected chi connectivity index (χ4v) is 6.12. The van der Waals surface area contributed by atoms with Crippen molar-refractivity contribution in [2.75, 3.05) is 54.9 Å². The lowest BCUT2D eigenvalue weighted by molar-refractivity contribution is 0.0464. The predicted molar refractivity (Wildman–Crippen MR) is 142 cm³/mol. The van der Waals surface area contributed by atoms with Gasteiger partial charge in [0.05, 0.1) is 5.54 Å². The Hall–Kier alpha value is -3.00. The third kappa shape index (κ3) is 3.97. The molecule has 3 saturated heterocycles. The molecule has 1 N–H and O–H groups in total. The Labute approximate surface area is 207 Å². The van der Waals surface area contributed by atoms with Crippen LogP contribution in [0.3, 0.4) is 0 Å². The molecule has 0 amide bonds. The quantitative estimate of drug-likeness (QED) is 0.585. The Balaban J connectivity index is 1.31. The Morgan fingerprint density at radius 1 is 1.06 bits per heavy atom. The smallest absolute Gasteiger partial charge is 0.227 e. The first kappa shape index (κ1) is 22.5. The van der Waals surface area contributed by atoms with Gasteiger partial charge in [-0.05, 0) is 61.2 Å². The number of hydrogen-bond donors (Lipinski definition) is 1. The van der Waals surface area contributed by atoms with E-state index in [0.29, 0.717) is 11.8 Å². The van der Waals surface area contributed by atoms with Crippen LogP contribution in [0.1, 0.15) is 51.5 Å². The standard InChI is InChI=1S/C27H36N8/c1-18(2)21-13-30-25(35-11-8-27(35)16-33(4)17-27)22-14-29-24(12-20(21)22)31-23-7-9-28-26(32-23)34-10-5-6-19(3)15-34/h7,9,12-14,18-19H,5-6,8,10-11,15-17H2,1-4H3,(H,28,29,31,32). The molecule has 3 aromatic rings. The second-order valence-corrected chi connectivity index (χ2v) is 11.2. The molecule has 0 radical (unpaired) electrons. The molecule has 3 aliphatic rings. The average Bonchev–Trinajstić information content (AvgIpc) is 2.81. The summed E-state index contributed by atoms with van der Waals surface area (Å²) in [6.45, 7) is 12.1. The minimum atomic E-state index is 0.258. The van der Waals surface area contributed by atoms with E-state index in [0.717, 1.165) is 61.5 Å². The third-order valence-corrected chi connectivity index (χ3v) is 8.00. The molecule has 8 nitrogen and oxygen atoms in total. The molecule has 3 fully saturated rings. The lowest BCUT2D eigenvalue weighted by Crippen LogP contribution is -2.76. The average molecular weight is 473 g/mol. The molecule has 1 unspecified atom stereocenters. The van der Waals surface area contributed by atoms with Gasteiger partial charge in [-0.15, -0.1) is 0 Å². The Morgan fingerprint density at radius 3 is 2.63 bits per heavy atom. The predicted octanol–water partition coefficient (Wildman–Crippen LogP) is 4.42. The van der Waals surface area contributed by atoms with E-state index in [2.05, 4.69) is 65.1 Å². The van der Waals surface area contributed by atoms with Gasteiger partial charge in [0, 0.05) is 56.7 Å². The molecule has 0 saturated carbocycles. The number of aromatic nitrogens is 4. The lowest BCUT2D eigenvalue weighted by Gasteiger charge is -2.62. The minimum Gasteiger partial charge on any atom is -0.348 e. The summed E-state index contributed by atoms with van der Waals surface area (Å²) in [7, 11) is 2.19. The maximum atomic E-state index is 4.96. The number of pyridine rings is 2. The monoisotopic (exact) mass is 472 g/mol. The van der Waals surface area contributed by atoms with E-state index in [4.69, 9.17) is 15.0 Å². The van der Waals surface area contributed by atoms with E-state index in [-0.39, 0.29) is 5.54 Å². The number of nitrogens with one attached hydrogen (secondary N) is 1. The lowest BCUT2D eigenvalue weighted by atomic mass is 9.77. The Kier molecular flexibility index (Phi) is 5.51. The van der Waals surface area contributed by atoms with Crippen molar-refractivity contribution >= 4 is 34.2 Å². The molecule has 0 aromatic carbocycles. The van der Waals surface area contributed by atoms with E-state index < -0.39 is 0 Å². The van der Waals surface area contributed by atoms with Gasteiger partial charge in [0.2, 0.25) is 5.95 Å². The van der Waals surface area contributed by atoms with E-state index >= 15 is 0 Å². The number of piperidine rings is 1. The molecule has 1 spiro atoms. The second kappa shape index (κ2) is 8.59. The first-order valence-electron chi connectivity index (χ1n) is 13.0. The van der Waals surface area contributed by atoms with Crippen LogP contribution < -0.4 is 15.1 Å². The van der Waals surface area contributed by atoms with E-state index in [1.807, 2.05) is 18.5 Å². The summed E-state index contributed by atoms with van der Waals surface area (Å²) in [5.74, 6) is 4.50. The zero-order valence-electron chi connectivity index (χ0n) is 21.3. The van der Waals surface area contributed by atoms with Crippen molar-refractivity contribution in [2.45, 2.75) is 51.5 Å². The highest BCUT2D eigenvalue weighted by atomic mass is 15.4. The van der Waals surface area contributed by atoms with Crippen LogP contribution in [0.15, 0.2) is 30.7 Å². The van der Waals surface area contributed by atoms with Gasteiger partial charge >= 0.3 is 0 Å². The molecular formula is C27H36N8. The minimum absolute atomic E-state index is 0.258. The topological polar surface area (TPSA) is 73.3 Å². The first-order chi connectivity index (χ1) is 16.9. The Morgan fingerprint density at radius 2 is 1.91 bits per heavy atom. The highest BCUT2D eigenvalue weighted by molar-refractivity contribution is 5.96. The summed E-state index contributed by atoms with van der Waals surface area (Å²) in [6.07, 6.45) is 9.61. The van der Waals surface area contributed by atoms with Crippen molar-refractivity contribution in [3.8, 4) is 0 Å². The summed E-state index contributed by atoms with van der Waals surface area (Å²) in [5.41, 5.74) is 1.51. The molecule has 8 heteroatoms.